The van der Waals surface area contributed by atoms with Crippen LogP contribution in [0, 0.1) is 0 Å². The molecule has 0 bridgehead atoms. The lowest BCUT2D eigenvalue weighted by Gasteiger charge is -2.23. The van der Waals surface area contributed by atoms with Crippen molar-refractivity contribution in [2.24, 2.45) is 0 Å². The van der Waals surface area contributed by atoms with Gasteiger partial charge in [0.05, 0.1) is 22.8 Å². The molecule has 0 aliphatic carbocycles. The van der Waals surface area contributed by atoms with Gasteiger partial charge in [-0.05, 0) is 26.2 Å². The monoisotopic (exact) mass is 358 g/mol. The molecule has 128 valence electrons. The molecule has 9 heteroatoms. The average Bonchev–Trinajstić information content (AvgIpc) is 2.86. The first kappa shape index (κ1) is 16.8. The molecule has 3 heterocycles. The number of sulfone groups is 1. The third kappa shape index (κ3) is 4.06. The minimum atomic E-state index is -3.02. The van der Waals surface area contributed by atoms with Crippen LogP contribution in [-0.4, -0.2) is 51.9 Å². The number of thioether (sulfide) groups is 1. The van der Waals surface area contributed by atoms with Crippen molar-refractivity contribution in [3.05, 3.63) is 5.82 Å². The van der Waals surface area contributed by atoms with Gasteiger partial charge in [0.1, 0.15) is 5.82 Å². The summed E-state index contributed by atoms with van der Waals surface area (Å²) in [4.78, 5) is 12.2. The summed E-state index contributed by atoms with van der Waals surface area (Å²) in [6, 6.07) is 0. The van der Waals surface area contributed by atoms with Crippen molar-refractivity contribution in [1.29, 1.82) is 0 Å². The minimum Gasteiger partial charge on any atom is -0.349 e. The average molecular weight is 358 g/mol. The Balaban J connectivity index is 1.57. The Kier molecular flexibility index (Phi) is 4.68. The normalized spacial score (nSPS) is 26.5. The maximum Gasteiger partial charge on any atom is 0.230 e. The molecule has 2 aliphatic heterocycles. The van der Waals surface area contributed by atoms with Crippen LogP contribution < -0.4 is 5.32 Å². The lowest BCUT2D eigenvalue weighted by molar-refractivity contribution is -0.120. The van der Waals surface area contributed by atoms with E-state index in [4.69, 9.17) is 0 Å². The van der Waals surface area contributed by atoms with Crippen LogP contribution in [0.1, 0.15) is 38.4 Å². The number of fused-ring (bicyclic) bond motifs is 1. The van der Waals surface area contributed by atoms with Gasteiger partial charge in [-0.1, -0.05) is 18.2 Å². The zero-order valence-corrected chi connectivity index (χ0v) is 14.9. The van der Waals surface area contributed by atoms with E-state index in [1.54, 1.807) is 6.92 Å². The molecular formula is C14H22N4O3S2. The highest BCUT2D eigenvalue weighted by Gasteiger charge is 2.39. The first-order valence-electron chi connectivity index (χ1n) is 7.93. The predicted molar refractivity (Wildman–Crippen MR) is 88.1 cm³/mol. The van der Waals surface area contributed by atoms with E-state index >= 15 is 0 Å². The highest BCUT2D eigenvalue weighted by molar-refractivity contribution is 7.99. The third-order valence-electron chi connectivity index (χ3n) is 4.35. The molecule has 3 rings (SSSR count). The Morgan fingerprint density at radius 3 is 2.91 bits per heavy atom. The van der Waals surface area contributed by atoms with Gasteiger partial charge in [-0.25, -0.2) is 8.42 Å². The molecule has 0 spiro atoms. The van der Waals surface area contributed by atoms with Crippen molar-refractivity contribution < 1.29 is 13.2 Å². The van der Waals surface area contributed by atoms with Crippen molar-refractivity contribution in [1.82, 2.24) is 20.1 Å². The number of hydrogen-bond acceptors (Lipinski definition) is 6. The van der Waals surface area contributed by atoms with Gasteiger partial charge in [0, 0.05) is 13.0 Å². The molecule has 1 aromatic heterocycles. The summed E-state index contributed by atoms with van der Waals surface area (Å²) in [5, 5.41) is 12.0. The first-order valence-corrected chi connectivity index (χ1v) is 10.7. The van der Waals surface area contributed by atoms with Gasteiger partial charge in [-0.3, -0.25) is 4.79 Å². The summed E-state index contributed by atoms with van der Waals surface area (Å²) in [5.74, 6) is 1.25. The van der Waals surface area contributed by atoms with Gasteiger partial charge in [0.15, 0.2) is 15.0 Å². The maximum atomic E-state index is 12.2. The molecule has 0 unspecified atom stereocenters. The lowest BCUT2D eigenvalue weighted by Crippen LogP contribution is -2.47. The van der Waals surface area contributed by atoms with Crippen LogP contribution in [0.4, 0.5) is 0 Å². The molecule has 1 amide bonds. The van der Waals surface area contributed by atoms with Crippen molar-refractivity contribution >= 4 is 27.5 Å². The van der Waals surface area contributed by atoms with E-state index in [0.717, 1.165) is 36.8 Å². The molecule has 1 fully saturated rings. The molecule has 2 aliphatic rings. The van der Waals surface area contributed by atoms with Crippen LogP contribution in [0.3, 0.4) is 0 Å². The number of amides is 1. The van der Waals surface area contributed by atoms with Crippen molar-refractivity contribution in [3.63, 3.8) is 0 Å². The summed E-state index contributed by atoms with van der Waals surface area (Å²) in [6.07, 6.45) is 4.86. The summed E-state index contributed by atoms with van der Waals surface area (Å²) in [6.45, 7) is 2.70. The SMILES string of the molecule is C[C@]1(NC(=O)CSc2nnc3n2CCCCC3)CCS(=O)(=O)C1. The van der Waals surface area contributed by atoms with Crippen molar-refractivity contribution in [2.45, 2.75) is 56.3 Å². The molecule has 7 nitrogen and oxygen atoms in total. The first-order chi connectivity index (χ1) is 10.9. The predicted octanol–water partition coefficient (Wildman–Crippen LogP) is 0.790. The molecular weight excluding hydrogens is 336 g/mol. The number of aryl methyl sites for hydroxylation is 1. The molecule has 1 saturated heterocycles. The standard InChI is InChI=1S/C14H22N4O3S2/c1-14(6-8-23(20,21)10-14)15-12(19)9-22-13-17-16-11-5-3-2-4-7-18(11)13/h2-10H2,1H3,(H,15,19)/t14-/m0/s1. The zero-order valence-electron chi connectivity index (χ0n) is 13.2. The summed E-state index contributed by atoms with van der Waals surface area (Å²) < 4.78 is 25.3. The molecule has 0 radical (unpaired) electrons. The van der Waals surface area contributed by atoms with E-state index in [2.05, 4.69) is 20.1 Å². The van der Waals surface area contributed by atoms with E-state index in [-0.39, 0.29) is 23.2 Å². The fraction of sp³-hybridized carbons (Fsp3) is 0.786. The number of hydrogen-bond donors (Lipinski definition) is 1. The number of nitrogens with zero attached hydrogens (tertiary/aromatic N) is 3. The fourth-order valence-corrected chi connectivity index (χ4v) is 6.05. The second-order valence-electron chi connectivity index (χ2n) is 6.60. The molecule has 0 saturated carbocycles. The van der Waals surface area contributed by atoms with Crippen LogP contribution in [-0.2, 0) is 27.6 Å². The van der Waals surface area contributed by atoms with Gasteiger partial charge in [-0.15, -0.1) is 10.2 Å². The number of carbonyl (C=O) groups is 1. The summed E-state index contributed by atoms with van der Waals surface area (Å²) >= 11 is 1.37. The van der Waals surface area contributed by atoms with E-state index in [1.165, 1.54) is 18.2 Å². The van der Waals surface area contributed by atoms with Gasteiger partial charge in [0.2, 0.25) is 5.91 Å². The molecule has 1 N–H and O–H groups in total. The Morgan fingerprint density at radius 1 is 1.35 bits per heavy atom. The van der Waals surface area contributed by atoms with Gasteiger partial charge in [0.25, 0.3) is 0 Å². The van der Waals surface area contributed by atoms with Gasteiger partial charge < -0.3 is 9.88 Å². The second kappa shape index (κ2) is 6.43. The van der Waals surface area contributed by atoms with E-state index in [9.17, 15) is 13.2 Å². The molecule has 0 aromatic carbocycles. The molecule has 1 aromatic rings. The van der Waals surface area contributed by atoms with E-state index in [1.807, 2.05) is 0 Å². The van der Waals surface area contributed by atoms with Crippen LogP contribution in [0.25, 0.3) is 0 Å². The number of rotatable bonds is 4. The Labute approximate surface area is 140 Å². The van der Waals surface area contributed by atoms with Crippen molar-refractivity contribution in [3.8, 4) is 0 Å². The highest BCUT2D eigenvalue weighted by Crippen LogP contribution is 2.24. The van der Waals surface area contributed by atoms with Gasteiger partial charge in [-0.2, -0.15) is 0 Å². The molecule has 1 atom stereocenters. The Morgan fingerprint density at radius 2 is 2.17 bits per heavy atom. The van der Waals surface area contributed by atoms with Crippen LogP contribution in [0.5, 0.6) is 0 Å². The van der Waals surface area contributed by atoms with Crippen LogP contribution in [0.2, 0.25) is 0 Å². The second-order valence-corrected chi connectivity index (χ2v) is 9.73. The Hall–Kier alpha value is -1.09. The fourth-order valence-electron chi connectivity index (χ4n) is 3.18. The zero-order chi connectivity index (χ0) is 16.5. The van der Waals surface area contributed by atoms with Crippen LogP contribution >= 0.6 is 11.8 Å². The Bertz CT molecular complexity index is 701. The van der Waals surface area contributed by atoms with Crippen LogP contribution in [0.15, 0.2) is 5.16 Å². The quantitative estimate of drug-likeness (QED) is 0.800. The van der Waals surface area contributed by atoms with Crippen molar-refractivity contribution in [2.75, 3.05) is 17.3 Å². The number of carbonyl (C=O) groups excluding carboxylic acids is 1. The number of nitrogens with one attached hydrogen (secondary N) is 1. The topological polar surface area (TPSA) is 93.9 Å². The van der Waals surface area contributed by atoms with E-state index in [0.29, 0.717) is 6.42 Å². The lowest BCUT2D eigenvalue weighted by atomic mass is 10.0. The molecule has 23 heavy (non-hydrogen) atoms. The number of aromatic nitrogens is 3. The maximum absolute atomic E-state index is 12.2. The minimum absolute atomic E-state index is 0.0245. The third-order valence-corrected chi connectivity index (χ3v) is 7.22. The summed E-state index contributed by atoms with van der Waals surface area (Å²) in [5.41, 5.74) is -0.641. The van der Waals surface area contributed by atoms with E-state index < -0.39 is 15.4 Å². The highest BCUT2D eigenvalue weighted by atomic mass is 32.2. The van der Waals surface area contributed by atoms with Gasteiger partial charge >= 0.3 is 0 Å². The smallest absolute Gasteiger partial charge is 0.230 e. The summed E-state index contributed by atoms with van der Waals surface area (Å²) in [7, 11) is -3.02. The largest absolute Gasteiger partial charge is 0.349 e.